The highest BCUT2D eigenvalue weighted by atomic mass is 35.5. The molecule has 1 N–H and O–H groups in total. The zero-order valence-electron chi connectivity index (χ0n) is 12.8. The summed E-state index contributed by atoms with van der Waals surface area (Å²) in [6, 6.07) is 4.32. The van der Waals surface area contributed by atoms with Crippen molar-refractivity contribution in [2.45, 2.75) is 37.8 Å². The predicted octanol–water partition coefficient (Wildman–Crippen LogP) is 3.20. The number of nitrogens with zero attached hydrogens (tertiary/aromatic N) is 2. The second-order valence-electron chi connectivity index (χ2n) is 5.56. The van der Waals surface area contributed by atoms with E-state index in [1.54, 1.807) is 7.11 Å². The molecule has 0 aliphatic heterocycles. The van der Waals surface area contributed by atoms with Gasteiger partial charge in [-0.15, -0.1) is 0 Å². The molecule has 1 saturated carbocycles. The number of halogens is 1. The van der Waals surface area contributed by atoms with E-state index in [-0.39, 0.29) is 6.10 Å². The second-order valence-corrected chi connectivity index (χ2v) is 5.92. The van der Waals surface area contributed by atoms with Crippen molar-refractivity contribution >= 4 is 22.5 Å². The highest BCUT2D eigenvalue weighted by Gasteiger charge is 2.22. The first kappa shape index (κ1) is 15.3. The van der Waals surface area contributed by atoms with Gasteiger partial charge >= 0.3 is 0 Å². The summed E-state index contributed by atoms with van der Waals surface area (Å²) in [4.78, 5) is 8.24. The molecular weight excluding hydrogens is 302 g/mol. The van der Waals surface area contributed by atoms with Gasteiger partial charge in [-0.05, 0) is 38.8 Å². The Morgan fingerprint density at radius 3 is 2.59 bits per heavy atom. The van der Waals surface area contributed by atoms with E-state index < -0.39 is 0 Å². The van der Waals surface area contributed by atoms with Gasteiger partial charge in [0.15, 0.2) is 11.5 Å². The number of hydrogen-bond acceptors (Lipinski definition) is 5. The van der Waals surface area contributed by atoms with Crippen LogP contribution in [0, 0.1) is 0 Å². The van der Waals surface area contributed by atoms with Crippen molar-refractivity contribution in [3.05, 3.63) is 23.6 Å². The van der Waals surface area contributed by atoms with Crippen LogP contribution in [0.3, 0.4) is 0 Å². The van der Waals surface area contributed by atoms with Gasteiger partial charge in [-0.25, -0.2) is 9.97 Å². The molecule has 118 valence electrons. The summed E-state index contributed by atoms with van der Waals surface area (Å²) in [6.45, 7) is 0. The number of hydrogen-bond donors (Lipinski definition) is 1. The molecule has 2 aromatic rings. The van der Waals surface area contributed by atoms with Crippen molar-refractivity contribution in [2.75, 3.05) is 14.2 Å². The maximum absolute atomic E-state index is 6.17. The molecule has 1 aliphatic carbocycles. The zero-order valence-corrected chi connectivity index (χ0v) is 13.6. The third-order valence-electron chi connectivity index (χ3n) is 4.25. The molecule has 0 saturated heterocycles. The monoisotopic (exact) mass is 321 g/mol. The first-order chi connectivity index (χ1) is 10.7. The van der Waals surface area contributed by atoms with E-state index in [4.69, 9.17) is 21.1 Å². The van der Waals surface area contributed by atoms with Crippen LogP contribution in [-0.4, -0.2) is 36.3 Å². The summed E-state index contributed by atoms with van der Waals surface area (Å²) in [7, 11) is 3.65. The number of nitrogens with one attached hydrogen (secondary N) is 1. The summed E-state index contributed by atoms with van der Waals surface area (Å²) in [6.07, 6.45) is 5.97. The summed E-state index contributed by atoms with van der Waals surface area (Å²) in [5.41, 5.74) is 0.753. The van der Waals surface area contributed by atoms with Gasteiger partial charge in [0.1, 0.15) is 11.5 Å². The van der Waals surface area contributed by atoms with Gasteiger partial charge in [-0.1, -0.05) is 11.6 Å². The molecule has 0 spiro atoms. The number of ether oxygens (including phenoxy) is 2. The van der Waals surface area contributed by atoms with Gasteiger partial charge < -0.3 is 14.8 Å². The van der Waals surface area contributed by atoms with Crippen LogP contribution in [0.15, 0.2) is 18.5 Å². The number of rotatable bonds is 4. The predicted molar refractivity (Wildman–Crippen MR) is 86.8 cm³/mol. The Labute approximate surface area is 135 Å². The SMILES string of the molecule is CNC1CCC(Oc2cc3c(Cl)ncnc3cc2OC)CC1. The lowest BCUT2D eigenvalue weighted by Crippen LogP contribution is -2.34. The van der Waals surface area contributed by atoms with Crippen LogP contribution >= 0.6 is 11.6 Å². The van der Waals surface area contributed by atoms with Crippen LogP contribution in [-0.2, 0) is 0 Å². The van der Waals surface area contributed by atoms with Gasteiger partial charge in [-0.2, -0.15) is 0 Å². The molecule has 22 heavy (non-hydrogen) atoms. The van der Waals surface area contributed by atoms with E-state index in [1.165, 1.54) is 6.33 Å². The molecule has 1 fully saturated rings. The maximum Gasteiger partial charge on any atom is 0.162 e. The van der Waals surface area contributed by atoms with Crippen LogP contribution in [0.4, 0.5) is 0 Å². The summed E-state index contributed by atoms with van der Waals surface area (Å²) in [5.74, 6) is 1.39. The largest absolute Gasteiger partial charge is 0.493 e. The molecule has 0 bridgehead atoms. The molecule has 6 heteroatoms. The molecule has 0 unspecified atom stereocenters. The number of aromatic nitrogens is 2. The normalized spacial score (nSPS) is 21.8. The van der Waals surface area contributed by atoms with Crippen molar-refractivity contribution in [2.24, 2.45) is 0 Å². The fourth-order valence-corrected chi connectivity index (χ4v) is 3.13. The minimum Gasteiger partial charge on any atom is -0.493 e. The molecule has 0 amide bonds. The Bertz CT molecular complexity index is 657. The van der Waals surface area contributed by atoms with E-state index in [0.29, 0.717) is 22.7 Å². The third kappa shape index (κ3) is 3.10. The lowest BCUT2D eigenvalue weighted by molar-refractivity contribution is 0.137. The average Bonchev–Trinajstić information content (AvgIpc) is 2.56. The Morgan fingerprint density at radius 2 is 1.91 bits per heavy atom. The molecule has 3 rings (SSSR count). The minimum absolute atomic E-state index is 0.208. The van der Waals surface area contributed by atoms with E-state index in [9.17, 15) is 0 Å². The smallest absolute Gasteiger partial charge is 0.162 e. The quantitative estimate of drug-likeness (QED) is 0.876. The van der Waals surface area contributed by atoms with Gasteiger partial charge in [0, 0.05) is 17.5 Å². The standard InChI is InChI=1S/C16H20ClN3O2/c1-18-10-3-5-11(6-4-10)22-15-7-12-13(8-14(15)21-2)19-9-20-16(12)17/h7-11,18H,3-6H2,1-2H3. The molecule has 0 radical (unpaired) electrons. The first-order valence-corrected chi connectivity index (χ1v) is 7.91. The third-order valence-corrected chi connectivity index (χ3v) is 4.55. The first-order valence-electron chi connectivity index (χ1n) is 7.53. The minimum atomic E-state index is 0.208. The topological polar surface area (TPSA) is 56.3 Å². The summed E-state index contributed by atoms with van der Waals surface area (Å²) >= 11 is 6.15. The van der Waals surface area contributed by atoms with Crippen LogP contribution < -0.4 is 14.8 Å². The highest BCUT2D eigenvalue weighted by Crippen LogP contribution is 2.36. The Morgan fingerprint density at radius 1 is 1.14 bits per heavy atom. The number of methoxy groups -OCH3 is 1. The van der Waals surface area contributed by atoms with Crippen molar-refractivity contribution in [1.82, 2.24) is 15.3 Å². The average molecular weight is 322 g/mol. The molecule has 0 atom stereocenters. The van der Waals surface area contributed by atoms with Gasteiger partial charge in [0.05, 0.1) is 18.7 Å². The van der Waals surface area contributed by atoms with Crippen molar-refractivity contribution in [1.29, 1.82) is 0 Å². The molecular formula is C16H20ClN3O2. The van der Waals surface area contributed by atoms with Crippen molar-refractivity contribution < 1.29 is 9.47 Å². The molecule has 1 aromatic carbocycles. The van der Waals surface area contributed by atoms with Crippen molar-refractivity contribution in [3.63, 3.8) is 0 Å². The Kier molecular flexibility index (Phi) is 4.64. The molecule has 1 heterocycles. The fraction of sp³-hybridized carbons (Fsp3) is 0.500. The Balaban J connectivity index is 1.85. The molecule has 1 aliphatic rings. The van der Waals surface area contributed by atoms with E-state index in [2.05, 4.69) is 15.3 Å². The molecule has 5 nitrogen and oxygen atoms in total. The number of fused-ring (bicyclic) bond motifs is 1. The summed E-state index contributed by atoms with van der Waals surface area (Å²) < 4.78 is 11.6. The lowest BCUT2D eigenvalue weighted by Gasteiger charge is -2.29. The van der Waals surface area contributed by atoms with Crippen molar-refractivity contribution in [3.8, 4) is 11.5 Å². The highest BCUT2D eigenvalue weighted by molar-refractivity contribution is 6.34. The van der Waals surface area contributed by atoms with Crippen LogP contribution in [0.5, 0.6) is 11.5 Å². The molecule has 1 aromatic heterocycles. The van der Waals surface area contributed by atoms with Gasteiger partial charge in [0.25, 0.3) is 0 Å². The van der Waals surface area contributed by atoms with Crippen LogP contribution in [0.2, 0.25) is 5.15 Å². The lowest BCUT2D eigenvalue weighted by atomic mass is 9.93. The van der Waals surface area contributed by atoms with Crippen LogP contribution in [0.1, 0.15) is 25.7 Å². The number of benzene rings is 1. The second kappa shape index (κ2) is 6.67. The zero-order chi connectivity index (χ0) is 15.5. The summed E-state index contributed by atoms with van der Waals surface area (Å²) in [5, 5.41) is 4.54. The van der Waals surface area contributed by atoms with Gasteiger partial charge in [-0.3, -0.25) is 0 Å². The Hall–Kier alpha value is -1.59. The van der Waals surface area contributed by atoms with E-state index in [0.717, 1.165) is 36.6 Å². The van der Waals surface area contributed by atoms with Gasteiger partial charge in [0.2, 0.25) is 0 Å². The fourth-order valence-electron chi connectivity index (χ4n) is 2.93. The maximum atomic E-state index is 6.17. The van der Waals surface area contributed by atoms with E-state index in [1.807, 2.05) is 19.2 Å². The van der Waals surface area contributed by atoms with E-state index >= 15 is 0 Å². The van der Waals surface area contributed by atoms with Crippen LogP contribution in [0.25, 0.3) is 10.9 Å².